The van der Waals surface area contributed by atoms with Crippen LogP contribution in [0.2, 0.25) is 0 Å². The highest BCUT2D eigenvalue weighted by Crippen LogP contribution is 2.38. The van der Waals surface area contributed by atoms with E-state index >= 15 is 0 Å². The maximum atomic E-state index is 11.4. The third kappa shape index (κ3) is 3.19. The number of nitrogens with two attached hydrogens (primary N) is 1. The third-order valence-electron chi connectivity index (χ3n) is 3.42. The smallest absolute Gasteiger partial charge is 0.333 e. The summed E-state index contributed by atoms with van der Waals surface area (Å²) in [7, 11) is 0. The molecular weight excluding hydrogens is 258 g/mol. The molecule has 6 heteroatoms. The van der Waals surface area contributed by atoms with Gasteiger partial charge in [0.1, 0.15) is 5.69 Å². The van der Waals surface area contributed by atoms with Crippen LogP contribution in [0.3, 0.4) is 0 Å². The lowest BCUT2D eigenvalue weighted by atomic mass is 10.1. The van der Waals surface area contributed by atoms with Crippen molar-refractivity contribution < 1.29 is 9.66 Å². The Morgan fingerprint density at radius 3 is 3.00 bits per heavy atom. The molecule has 110 valence electrons. The Hall–Kier alpha value is -1.82. The summed E-state index contributed by atoms with van der Waals surface area (Å²) in [6.07, 6.45) is 2.74. The molecule has 0 spiro atoms. The molecule has 0 aliphatic carbocycles. The van der Waals surface area contributed by atoms with E-state index in [1.54, 1.807) is 18.2 Å². The fourth-order valence-electron chi connectivity index (χ4n) is 2.51. The molecule has 0 saturated carbocycles. The van der Waals surface area contributed by atoms with Crippen LogP contribution in [0, 0.1) is 10.1 Å². The lowest BCUT2D eigenvalue weighted by Gasteiger charge is -2.32. The molecule has 1 aliphatic rings. The molecule has 0 bridgehead atoms. The zero-order valence-electron chi connectivity index (χ0n) is 11.7. The van der Waals surface area contributed by atoms with Gasteiger partial charge in [-0.15, -0.1) is 0 Å². The lowest BCUT2D eigenvalue weighted by molar-refractivity contribution is -0.385. The standard InChI is InChI=1S/C14H21N3O3/c1-2-9-20-13-7-3-6-12(14(13)17(18)19)16-8-4-5-11(15)10-16/h3,6-7,11H,2,4-5,8-10,15H2,1H3/t11-/m1/s1. The third-order valence-corrected chi connectivity index (χ3v) is 3.42. The number of hydrogen-bond donors (Lipinski definition) is 1. The number of ether oxygens (including phenoxy) is 1. The number of nitro groups is 1. The van der Waals surface area contributed by atoms with E-state index in [2.05, 4.69) is 0 Å². The zero-order valence-corrected chi connectivity index (χ0v) is 11.7. The van der Waals surface area contributed by atoms with Gasteiger partial charge in [-0.1, -0.05) is 13.0 Å². The van der Waals surface area contributed by atoms with Crippen molar-refractivity contribution in [1.29, 1.82) is 0 Å². The first-order valence-corrected chi connectivity index (χ1v) is 7.04. The first-order valence-electron chi connectivity index (χ1n) is 7.04. The Morgan fingerprint density at radius 2 is 2.35 bits per heavy atom. The largest absolute Gasteiger partial charge is 0.487 e. The second-order valence-electron chi connectivity index (χ2n) is 5.08. The Labute approximate surface area is 118 Å². The van der Waals surface area contributed by atoms with E-state index in [1.807, 2.05) is 11.8 Å². The van der Waals surface area contributed by atoms with Crippen LogP contribution in [0.4, 0.5) is 11.4 Å². The Bertz CT molecular complexity index is 479. The van der Waals surface area contributed by atoms with Crippen molar-refractivity contribution >= 4 is 11.4 Å². The summed E-state index contributed by atoms with van der Waals surface area (Å²) in [6, 6.07) is 5.30. The number of para-hydroxylation sites is 1. The highest BCUT2D eigenvalue weighted by atomic mass is 16.6. The summed E-state index contributed by atoms with van der Waals surface area (Å²) in [5, 5.41) is 11.4. The van der Waals surface area contributed by atoms with Crippen LogP contribution < -0.4 is 15.4 Å². The van der Waals surface area contributed by atoms with Crippen LogP contribution in [-0.2, 0) is 0 Å². The predicted octanol–water partition coefficient (Wildman–Crippen LogP) is 2.31. The minimum Gasteiger partial charge on any atom is -0.487 e. The summed E-state index contributed by atoms with van der Waals surface area (Å²) in [5.41, 5.74) is 6.63. The van der Waals surface area contributed by atoms with Gasteiger partial charge < -0.3 is 15.4 Å². The molecule has 6 nitrogen and oxygen atoms in total. The minimum atomic E-state index is -0.361. The van der Waals surface area contributed by atoms with Crippen molar-refractivity contribution in [2.45, 2.75) is 32.2 Å². The highest BCUT2D eigenvalue weighted by Gasteiger charge is 2.27. The molecule has 2 N–H and O–H groups in total. The maximum absolute atomic E-state index is 11.4. The van der Waals surface area contributed by atoms with Gasteiger partial charge in [-0.25, -0.2) is 0 Å². The molecule has 1 aromatic carbocycles. The van der Waals surface area contributed by atoms with Gasteiger partial charge in [0.2, 0.25) is 0 Å². The second kappa shape index (κ2) is 6.56. The van der Waals surface area contributed by atoms with E-state index in [9.17, 15) is 10.1 Å². The molecule has 1 aliphatic heterocycles. The predicted molar refractivity (Wildman–Crippen MR) is 78.3 cm³/mol. The van der Waals surface area contributed by atoms with Gasteiger partial charge in [-0.2, -0.15) is 0 Å². The quantitative estimate of drug-likeness (QED) is 0.660. The van der Waals surface area contributed by atoms with Crippen LogP contribution in [0.1, 0.15) is 26.2 Å². The number of piperidine rings is 1. The fraction of sp³-hybridized carbons (Fsp3) is 0.571. The van der Waals surface area contributed by atoms with E-state index in [1.165, 1.54) is 0 Å². The number of nitrogens with zero attached hydrogens (tertiary/aromatic N) is 2. The molecule has 1 heterocycles. The molecule has 1 fully saturated rings. The van der Waals surface area contributed by atoms with E-state index in [-0.39, 0.29) is 16.7 Å². The number of nitro benzene ring substituents is 1. The van der Waals surface area contributed by atoms with E-state index < -0.39 is 0 Å². The molecule has 2 rings (SSSR count). The lowest BCUT2D eigenvalue weighted by Crippen LogP contribution is -2.43. The van der Waals surface area contributed by atoms with Gasteiger partial charge in [0.15, 0.2) is 5.75 Å². The number of benzene rings is 1. The average Bonchev–Trinajstić information content (AvgIpc) is 2.44. The summed E-state index contributed by atoms with van der Waals surface area (Å²) in [6.45, 7) is 3.90. The van der Waals surface area contributed by atoms with Crippen molar-refractivity contribution in [3.05, 3.63) is 28.3 Å². The van der Waals surface area contributed by atoms with Gasteiger partial charge in [-0.3, -0.25) is 10.1 Å². The topological polar surface area (TPSA) is 81.6 Å². The van der Waals surface area contributed by atoms with E-state index in [0.29, 0.717) is 24.6 Å². The molecule has 0 radical (unpaired) electrons. The van der Waals surface area contributed by atoms with Crippen LogP contribution in [0.25, 0.3) is 0 Å². The maximum Gasteiger partial charge on any atom is 0.333 e. The minimum absolute atomic E-state index is 0.0510. The molecule has 1 saturated heterocycles. The van der Waals surface area contributed by atoms with Crippen LogP contribution in [-0.4, -0.2) is 30.7 Å². The van der Waals surface area contributed by atoms with Crippen molar-refractivity contribution in [2.75, 3.05) is 24.6 Å². The van der Waals surface area contributed by atoms with Crippen LogP contribution in [0.15, 0.2) is 18.2 Å². The SMILES string of the molecule is CCCOc1cccc(N2CCC[C@@H](N)C2)c1[N+](=O)[O-]. The average molecular weight is 279 g/mol. The summed E-state index contributed by atoms with van der Waals surface area (Å²) in [5.74, 6) is 0.341. The number of hydrogen-bond acceptors (Lipinski definition) is 5. The Kier molecular flexibility index (Phi) is 4.79. The Balaban J connectivity index is 2.33. The fourth-order valence-corrected chi connectivity index (χ4v) is 2.51. The summed E-state index contributed by atoms with van der Waals surface area (Å²) in [4.78, 5) is 13.0. The van der Waals surface area contributed by atoms with Gasteiger partial charge >= 0.3 is 5.69 Å². The highest BCUT2D eigenvalue weighted by molar-refractivity contribution is 5.70. The first kappa shape index (κ1) is 14.6. The molecule has 1 atom stereocenters. The van der Waals surface area contributed by atoms with Gasteiger partial charge in [0.05, 0.1) is 11.5 Å². The van der Waals surface area contributed by atoms with E-state index in [4.69, 9.17) is 10.5 Å². The Morgan fingerprint density at radius 1 is 1.55 bits per heavy atom. The van der Waals surface area contributed by atoms with Gasteiger partial charge in [0.25, 0.3) is 0 Å². The zero-order chi connectivity index (χ0) is 14.5. The van der Waals surface area contributed by atoms with Crippen molar-refractivity contribution in [3.8, 4) is 5.75 Å². The second-order valence-corrected chi connectivity index (χ2v) is 5.08. The van der Waals surface area contributed by atoms with Crippen LogP contribution >= 0.6 is 0 Å². The number of rotatable bonds is 5. The van der Waals surface area contributed by atoms with Crippen molar-refractivity contribution in [2.24, 2.45) is 5.73 Å². The van der Waals surface area contributed by atoms with Crippen molar-refractivity contribution in [3.63, 3.8) is 0 Å². The molecule has 20 heavy (non-hydrogen) atoms. The molecule has 0 aromatic heterocycles. The van der Waals surface area contributed by atoms with Gasteiger partial charge in [-0.05, 0) is 31.4 Å². The summed E-state index contributed by atoms with van der Waals surface area (Å²) >= 11 is 0. The molecular formula is C14H21N3O3. The normalized spacial score (nSPS) is 18.9. The van der Waals surface area contributed by atoms with Gasteiger partial charge in [0, 0.05) is 19.1 Å². The molecule has 0 unspecified atom stereocenters. The monoisotopic (exact) mass is 279 g/mol. The number of anilines is 1. The molecule has 1 aromatic rings. The summed E-state index contributed by atoms with van der Waals surface area (Å²) < 4.78 is 5.51. The van der Waals surface area contributed by atoms with E-state index in [0.717, 1.165) is 25.8 Å². The van der Waals surface area contributed by atoms with Crippen LogP contribution in [0.5, 0.6) is 5.75 Å². The molecule has 0 amide bonds. The first-order chi connectivity index (χ1) is 9.63. The van der Waals surface area contributed by atoms with Crippen molar-refractivity contribution in [1.82, 2.24) is 0 Å².